The van der Waals surface area contributed by atoms with E-state index in [4.69, 9.17) is 0 Å². The van der Waals surface area contributed by atoms with E-state index in [0.29, 0.717) is 0 Å². The molecule has 0 aliphatic carbocycles. The van der Waals surface area contributed by atoms with Crippen LogP contribution >= 0.6 is 0 Å². The minimum absolute atomic E-state index is 1.03. The van der Waals surface area contributed by atoms with Crippen molar-refractivity contribution in [2.24, 2.45) is 0 Å². The lowest BCUT2D eigenvalue weighted by Crippen LogP contribution is -2.04. The first-order valence-electron chi connectivity index (χ1n) is 3.10. The molecule has 1 heterocycles. The van der Waals surface area contributed by atoms with Gasteiger partial charge >= 0.3 is 0 Å². The molecule has 0 bridgehead atoms. The molecule has 0 aromatic carbocycles. The fourth-order valence-corrected chi connectivity index (χ4v) is 0.995. The highest BCUT2D eigenvalue weighted by Gasteiger charge is 2.05. The van der Waals surface area contributed by atoms with Gasteiger partial charge in [-0.1, -0.05) is 19.2 Å². The van der Waals surface area contributed by atoms with E-state index in [0.717, 1.165) is 18.7 Å². The summed E-state index contributed by atoms with van der Waals surface area (Å²) in [6.07, 6.45) is 4.81. The zero-order chi connectivity index (χ0) is 6.69. The summed E-state index contributed by atoms with van der Waals surface area (Å²) in [7, 11) is 0. The predicted molar refractivity (Wildman–Crippen MR) is 40.0 cm³/mol. The van der Waals surface area contributed by atoms with Gasteiger partial charge in [0, 0.05) is 12.2 Å². The Kier molecular flexibility index (Phi) is 1.73. The van der Waals surface area contributed by atoms with Gasteiger partial charge < -0.3 is 5.32 Å². The first kappa shape index (κ1) is 6.14. The molecule has 0 radical (unpaired) electrons. The maximum atomic E-state index is 3.70. The highest BCUT2D eigenvalue weighted by Crippen LogP contribution is 2.13. The number of hydrogen-bond donors (Lipinski definition) is 1. The first-order chi connectivity index (χ1) is 4.38. The lowest BCUT2D eigenvalue weighted by molar-refractivity contribution is 0.889. The van der Waals surface area contributed by atoms with Crippen molar-refractivity contribution in [1.29, 1.82) is 0 Å². The third-order valence-corrected chi connectivity index (χ3v) is 1.51. The molecule has 48 valence electrons. The molecule has 1 aliphatic rings. The minimum atomic E-state index is 1.03. The van der Waals surface area contributed by atoms with Crippen molar-refractivity contribution in [2.45, 2.75) is 6.42 Å². The Morgan fingerprint density at radius 1 is 1.33 bits per heavy atom. The molecule has 0 aromatic rings. The maximum Gasteiger partial charge on any atom is 0.0367 e. The quantitative estimate of drug-likeness (QED) is 0.585. The summed E-state index contributed by atoms with van der Waals surface area (Å²) in [6.45, 7) is 8.40. The van der Waals surface area contributed by atoms with Crippen molar-refractivity contribution < 1.29 is 0 Å². The molecule has 0 amide bonds. The van der Waals surface area contributed by atoms with Crippen LogP contribution in [0.4, 0.5) is 0 Å². The van der Waals surface area contributed by atoms with Gasteiger partial charge in [-0.15, -0.1) is 0 Å². The zero-order valence-corrected chi connectivity index (χ0v) is 5.48. The van der Waals surface area contributed by atoms with Gasteiger partial charge in [0.2, 0.25) is 0 Å². The third-order valence-electron chi connectivity index (χ3n) is 1.51. The van der Waals surface area contributed by atoms with Crippen molar-refractivity contribution in [3.05, 3.63) is 36.6 Å². The average molecular weight is 121 g/mol. The van der Waals surface area contributed by atoms with Crippen LogP contribution in [0.1, 0.15) is 6.42 Å². The molecule has 0 unspecified atom stereocenters. The van der Waals surface area contributed by atoms with E-state index >= 15 is 0 Å². The van der Waals surface area contributed by atoms with Crippen LogP contribution in [0, 0.1) is 0 Å². The Balaban J connectivity index is 2.81. The van der Waals surface area contributed by atoms with Gasteiger partial charge in [0.1, 0.15) is 0 Å². The van der Waals surface area contributed by atoms with Crippen LogP contribution in [0.25, 0.3) is 0 Å². The van der Waals surface area contributed by atoms with E-state index in [9.17, 15) is 0 Å². The molecule has 0 fully saturated rings. The molecule has 0 spiro atoms. The average Bonchev–Trinajstić information content (AvgIpc) is 2.33. The van der Waals surface area contributed by atoms with Gasteiger partial charge in [-0.2, -0.15) is 0 Å². The molecular weight excluding hydrogens is 110 g/mol. The van der Waals surface area contributed by atoms with Crippen LogP contribution in [0.15, 0.2) is 36.6 Å². The van der Waals surface area contributed by atoms with Gasteiger partial charge in [-0.3, -0.25) is 0 Å². The molecule has 1 aliphatic heterocycles. The summed E-state index contributed by atoms with van der Waals surface area (Å²) >= 11 is 0. The van der Waals surface area contributed by atoms with Crippen LogP contribution in [-0.2, 0) is 0 Å². The van der Waals surface area contributed by atoms with Crippen LogP contribution in [-0.4, -0.2) is 6.54 Å². The van der Waals surface area contributed by atoms with Gasteiger partial charge in [-0.05, 0) is 18.1 Å². The van der Waals surface area contributed by atoms with Crippen LogP contribution in [0.2, 0.25) is 0 Å². The second-order valence-electron chi connectivity index (χ2n) is 2.02. The summed E-state index contributed by atoms with van der Waals surface area (Å²) in [5.74, 6) is 0. The van der Waals surface area contributed by atoms with Crippen molar-refractivity contribution >= 4 is 0 Å². The second kappa shape index (κ2) is 2.53. The lowest BCUT2D eigenvalue weighted by atomic mass is 10.2. The molecule has 1 heteroatoms. The van der Waals surface area contributed by atoms with Crippen molar-refractivity contribution in [3.8, 4) is 0 Å². The molecule has 1 nitrogen and oxygen atoms in total. The topological polar surface area (TPSA) is 12.0 Å². The monoisotopic (exact) mass is 121 g/mol. The Morgan fingerprint density at radius 3 is 2.56 bits per heavy atom. The van der Waals surface area contributed by atoms with E-state index < -0.39 is 0 Å². The molecule has 1 rings (SSSR count). The van der Waals surface area contributed by atoms with E-state index in [1.807, 2.05) is 12.2 Å². The Labute approximate surface area is 55.8 Å². The Hall–Kier alpha value is -0.980. The third kappa shape index (κ3) is 1.04. The fourth-order valence-electron chi connectivity index (χ4n) is 0.995. The van der Waals surface area contributed by atoms with Crippen LogP contribution in [0.3, 0.4) is 0 Å². The second-order valence-corrected chi connectivity index (χ2v) is 2.02. The van der Waals surface area contributed by atoms with Gasteiger partial charge in [0.15, 0.2) is 0 Å². The lowest BCUT2D eigenvalue weighted by Gasteiger charge is -1.94. The number of hydrogen-bond acceptors (Lipinski definition) is 1. The van der Waals surface area contributed by atoms with Crippen molar-refractivity contribution in [1.82, 2.24) is 5.32 Å². The highest BCUT2D eigenvalue weighted by molar-refractivity contribution is 5.33. The SMILES string of the molecule is C=CC1=C(C=C)NCC1. The zero-order valence-electron chi connectivity index (χ0n) is 5.48. The molecular formula is C8H11N. The summed E-state index contributed by atoms with van der Waals surface area (Å²) in [5.41, 5.74) is 2.43. The summed E-state index contributed by atoms with van der Waals surface area (Å²) < 4.78 is 0. The van der Waals surface area contributed by atoms with Gasteiger partial charge in [-0.25, -0.2) is 0 Å². The fraction of sp³-hybridized carbons (Fsp3) is 0.250. The molecule has 1 N–H and O–H groups in total. The Bertz CT molecular complexity index is 147. The van der Waals surface area contributed by atoms with Crippen molar-refractivity contribution in [2.75, 3.05) is 6.54 Å². The van der Waals surface area contributed by atoms with Gasteiger partial charge in [0.25, 0.3) is 0 Å². The molecule has 9 heavy (non-hydrogen) atoms. The van der Waals surface area contributed by atoms with E-state index in [1.165, 1.54) is 5.57 Å². The van der Waals surface area contributed by atoms with Crippen LogP contribution < -0.4 is 5.32 Å². The van der Waals surface area contributed by atoms with Crippen molar-refractivity contribution in [3.63, 3.8) is 0 Å². The predicted octanol–water partition coefficient (Wildman–Crippen LogP) is 1.61. The smallest absolute Gasteiger partial charge is 0.0367 e. The summed E-state index contributed by atoms with van der Waals surface area (Å²) in [4.78, 5) is 0. The molecule has 0 aromatic heterocycles. The first-order valence-corrected chi connectivity index (χ1v) is 3.10. The van der Waals surface area contributed by atoms with E-state index in [-0.39, 0.29) is 0 Å². The standard InChI is InChI=1S/C8H11N/c1-3-7-5-6-9-8(7)4-2/h3-4,9H,1-2,5-6H2. The Morgan fingerprint density at radius 2 is 2.11 bits per heavy atom. The highest BCUT2D eigenvalue weighted by atomic mass is 14.9. The number of rotatable bonds is 2. The molecule has 0 atom stereocenters. The largest absolute Gasteiger partial charge is 0.385 e. The van der Waals surface area contributed by atoms with E-state index in [2.05, 4.69) is 18.5 Å². The number of nitrogens with one attached hydrogen (secondary N) is 1. The van der Waals surface area contributed by atoms with Crippen LogP contribution in [0.5, 0.6) is 0 Å². The normalized spacial score (nSPS) is 17.3. The summed E-state index contributed by atoms with van der Waals surface area (Å²) in [6, 6.07) is 0. The number of allylic oxidation sites excluding steroid dienone is 2. The minimum Gasteiger partial charge on any atom is -0.385 e. The summed E-state index contributed by atoms with van der Waals surface area (Å²) in [5, 5.41) is 3.20. The molecule has 0 saturated carbocycles. The molecule has 0 saturated heterocycles. The van der Waals surface area contributed by atoms with E-state index in [1.54, 1.807) is 0 Å². The van der Waals surface area contributed by atoms with Gasteiger partial charge in [0.05, 0.1) is 0 Å². The maximum absolute atomic E-state index is 3.70.